The number of hydrogen-bond acceptors (Lipinski definition) is 2. The maximum absolute atomic E-state index is 13.4. The highest BCUT2D eigenvalue weighted by Gasteiger charge is 2.09. The lowest BCUT2D eigenvalue weighted by Gasteiger charge is -2.09. The first kappa shape index (κ1) is 11.0. The molecule has 0 aromatic heterocycles. The van der Waals surface area contributed by atoms with Gasteiger partial charge in [-0.15, -0.1) is 11.8 Å². The van der Waals surface area contributed by atoms with Gasteiger partial charge in [0.2, 0.25) is 0 Å². The van der Waals surface area contributed by atoms with Crippen molar-refractivity contribution in [2.45, 2.75) is 4.90 Å². The molecule has 0 fully saturated rings. The highest BCUT2D eigenvalue weighted by molar-refractivity contribution is 7.98. The number of benzene rings is 2. The molecule has 0 aliphatic carbocycles. The number of hydrogen-bond donors (Lipinski definition) is 0. The van der Waals surface area contributed by atoms with E-state index < -0.39 is 0 Å². The van der Waals surface area contributed by atoms with Crippen molar-refractivity contribution >= 4 is 11.8 Å². The van der Waals surface area contributed by atoms with Crippen LogP contribution in [0.4, 0.5) is 4.39 Å². The summed E-state index contributed by atoms with van der Waals surface area (Å²) in [5, 5.41) is 0. The summed E-state index contributed by atoms with van der Waals surface area (Å²) in [5.41, 5.74) is 0. The lowest BCUT2D eigenvalue weighted by molar-refractivity contribution is 0.458. The summed E-state index contributed by atoms with van der Waals surface area (Å²) >= 11 is 1.31. The second-order valence-electron chi connectivity index (χ2n) is 3.10. The Kier molecular flexibility index (Phi) is 3.47. The van der Waals surface area contributed by atoms with Crippen LogP contribution in [-0.2, 0) is 0 Å². The molecule has 2 aromatic rings. The highest BCUT2D eigenvalue weighted by atomic mass is 32.2. The number of para-hydroxylation sites is 1. The van der Waals surface area contributed by atoms with Crippen LogP contribution in [0.25, 0.3) is 0 Å². The predicted molar refractivity (Wildman–Crippen MR) is 63.5 cm³/mol. The molecule has 0 amide bonds. The third-order valence-corrected chi connectivity index (χ3v) is 2.82. The molecule has 0 aliphatic rings. The summed E-state index contributed by atoms with van der Waals surface area (Å²) in [7, 11) is 0. The first-order valence-electron chi connectivity index (χ1n) is 4.78. The minimum Gasteiger partial charge on any atom is -0.455 e. The Bertz CT molecular complexity index is 471. The molecule has 3 heteroatoms. The Morgan fingerprint density at radius 1 is 1.19 bits per heavy atom. The van der Waals surface area contributed by atoms with Gasteiger partial charge in [0, 0.05) is 6.07 Å². The Morgan fingerprint density at radius 3 is 2.62 bits per heavy atom. The van der Waals surface area contributed by atoms with Gasteiger partial charge in [-0.25, -0.2) is 4.39 Å². The van der Waals surface area contributed by atoms with E-state index in [1.165, 1.54) is 23.9 Å². The fourth-order valence-corrected chi connectivity index (χ4v) is 1.86. The first-order valence-corrected chi connectivity index (χ1v) is 6.01. The lowest BCUT2D eigenvalue weighted by Crippen LogP contribution is -1.89. The molecule has 0 N–H and O–H groups in total. The molecule has 2 aromatic carbocycles. The van der Waals surface area contributed by atoms with Gasteiger partial charge in [-0.2, -0.15) is 0 Å². The molecule has 16 heavy (non-hydrogen) atoms. The van der Waals surface area contributed by atoms with Crippen LogP contribution in [0.1, 0.15) is 0 Å². The average molecular weight is 233 g/mol. The summed E-state index contributed by atoms with van der Waals surface area (Å²) < 4.78 is 19.0. The van der Waals surface area contributed by atoms with Gasteiger partial charge < -0.3 is 4.74 Å². The molecule has 0 saturated carbocycles. The molecular weight excluding hydrogens is 223 g/mol. The number of ether oxygens (including phenoxy) is 1. The van der Waals surface area contributed by atoms with Crippen LogP contribution in [0.2, 0.25) is 0 Å². The normalized spacial score (nSPS) is 10.1. The molecule has 0 unspecified atom stereocenters. The number of thioether (sulfide) groups is 1. The fourth-order valence-electron chi connectivity index (χ4n) is 1.31. The SMILES string of the molecule is CSc1c(Oc2ccccc2)[c]ccc1F. The maximum Gasteiger partial charge on any atom is 0.151 e. The average Bonchev–Trinajstić information content (AvgIpc) is 2.31. The molecule has 0 heterocycles. The molecule has 0 spiro atoms. The zero-order valence-electron chi connectivity index (χ0n) is 8.74. The van der Waals surface area contributed by atoms with Crippen LogP contribution < -0.4 is 4.74 Å². The van der Waals surface area contributed by atoms with Crippen LogP contribution >= 0.6 is 11.8 Å². The highest BCUT2D eigenvalue weighted by Crippen LogP contribution is 2.32. The van der Waals surface area contributed by atoms with E-state index in [0.29, 0.717) is 16.4 Å². The minimum atomic E-state index is -0.280. The second-order valence-corrected chi connectivity index (χ2v) is 3.92. The van der Waals surface area contributed by atoms with Crippen molar-refractivity contribution in [3.63, 3.8) is 0 Å². The van der Waals surface area contributed by atoms with Gasteiger partial charge in [0.15, 0.2) is 5.75 Å². The van der Waals surface area contributed by atoms with E-state index in [2.05, 4.69) is 6.07 Å². The van der Waals surface area contributed by atoms with Crippen molar-refractivity contribution in [2.24, 2.45) is 0 Å². The number of rotatable bonds is 3. The standard InChI is InChI=1S/C13H10FOS/c1-16-13-11(14)8-5-9-12(13)15-10-6-3-2-4-7-10/h2-8H,1H3. The second kappa shape index (κ2) is 5.03. The zero-order chi connectivity index (χ0) is 11.4. The molecule has 0 saturated heterocycles. The van der Waals surface area contributed by atoms with Gasteiger partial charge >= 0.3 is 0 Å². The topological polar surface area (TPSA) is 9.23 Å². The van der Waals surface area contributed by atoms with E-state index in [-0.39, 0.29) is 5.82 Å². The molecule has 2 rings (SSSR count). The minimum absolute atomic E-state index is 0.280. The third kappa shape index (κ3) is 2.36. The number of halogens is 1. The molecule has 81 valence electrons. The van der Waals surface area contributed by atoms with Crippen LogP contribution in [0, 0.1) is 11.9 Å². The summed E-state index contributed by atoms with van der Waals surface area (Å²) in [6.45, 7) is 0. The van der Waals surface area contributed by atoms with E-state index in [1.807, 2.05) is 36.6 Å². The van der Waals surface area contributed by atoms with Crippen molar-refractivity contribution in [1.29, 1.82) is 0 Å². The molecule has 0 aliphatic heterocycles. The fraction of sp³-hybridized carbons (Fsp3) is 0.0769. The van der Waals surface area contributed by atoms with E-state index >= 15 is 0 Å². The Hall–Kier alpha value is -1.48. The summed E-state index contributed by atoms with van der Waals surface area (Å²) in [6, 6.07) is 15.1. The van der Waals surface area contributed by atoms with Crippen molar-refractivity contribution in [2.75, 3.05) is 6.26 Å². The van der Waals surface area contributed by atoms with Crippen LogP contribution in [0.5, 0.6) is 11.5 Å². The quantitative estimate of drug-likeness (QED) is 0.737. The van der Waals surface area contributed by atoms with E-state index in [1.54, 1.807) is 0 Å². The van der Waals surface area contributed by atoms with Crippen LogP contribution in [-0.4, -0.2) is 6.26 Å². The van der Waals surface area contributed by atoms with Gasteiger partial charge in [-0.3, -0.25) is 0 Å². The third-order valence-electron chi connectivity index (χ3n) is 2.03. The van der Waals surface area contributed by atoms with Gasteiger partial charge in [0.05, 0.1) is 4.90 Å². The van der Waals surface area contributed by atoms with Gasteiger partial charge in [0.1, 0.15) is 11.6 Å². The Morgan fingerprint density at radius 2 is 1.94 bits per heavy atom. The first-order chi connectivity index (χ1) is 7.81. The smallest absolute Gasteiger partial charge is 0.151 e. The van der Waals surface area contributed by atoms with Crippen LogP contribution in [0.15, 0.2) is 47.4 Å². The van der Waals surface area contributed by atoms with Crippen molar-refractivity contribution in [3.05, 3.63) is 54.3 Å². The monoisotopic (exact) mass is 233 g/mol. The van der Waals surface area contributed by atoms with Crippen molar-refractivity contribution in [1.82, 2.24) is 0 Å². The largest absolute Gasteiger partial charge is 0.455 e. The molecule has 0 atom stereocenters. The Balaban J connectivity index is 2.31. The van der Waals surface area contributed by atoms with E-state index in [4.69, 9.17) is 4.74 Å². The van der Waals surface area contributed by atoms with Gasteiger partial charge in [-0.1, -0.05) is 18.2 Å². The Labute approximate surface area is 98.3 Å². The van der Waals surface area contributed by atoms with Crippen molar-refractivity contribution in [3.8, 4) is 11.5 Å². The zero-order valence-corrected chi connectivity index (χ0v) is 9.55. The summed E-state index contributed by atoms with van der Waals surface area (Å²) in [6.07, 6.45) is 1.81. The maximum atomic E-state index is 13.4. The van der Waals surface area contributed by atoms with Crippen LogP contribution in [0.3, 0.4) is 0 Å². The molecular formula is C13H10FOS. The van der Waals surface area contributed by atoms with Gasteiger partial charge in [-0.05, 0) is 30.5 Å². The lowest BCUT2D eigenvalue weighted by atomic mass is 10.3. The summed E-state index contributed by atoms with van der Waals surface area (Å²) in [5.74, 6) is 0.829. The summed E-state index contributed by atoms with van der Waals surface area (Å²) in [4.78, 5) is 0.478. The molecule has 1 nitrogen and oxygen atoms in total. The van der Waals surface area contributed by atoms with E-state index in [0.717, 1.165) is 0 Å². The van der Waals surface area contributed by atoms with E-state index in [9.17, 15) is 4.39 Å². The molecule has 1 radical (unpaired) electrons. The predicted octanol–water partition coefficient (Wildman–Crippen LogP) is 4.14. The molecule has 0 bridgehead atoms. The van der Waals surface area contributed by atoms with Gasteiger partial charge in [0.25, 0.3) is 0 Å². The van der Waals surface area contributed by atoms with Crippen molar-refractivity contribution < 1.29 is 9.13 Å².